The Morgan fingerprint density at radius 3 is 1.26 bits per heavy atom. The van der Waals surface area contributed by atoms with Crippen molar-refractivity contribution in [2.24, 2.45) is 0 Å². The highest BCUT2D eigenvalue weighted by Crippen LogP contribution is 2.49. The van der Waals surface area contributed by atoms with Crippen LogP contribution in [0, 0.1) is 0 Å². The van der Waals surface area contributed by atoms with Gasteiger partial charge >= 0.3 is 0 Å². The minimum Gasteiger partial charge on any atom is -0.313 e. The van der Waals surface area contributed by atoms with Crippen molar-refractivity contribution in [3.63, 3.8) is 0 Å². The zero-order valence-electron chi connectivity index (χ0n) is 39.6. The molecule has 72 heavy (non-hydrogen) atoms. The summed E-state index contributed by atoms with van der Waals surface area (Å²) >= 11 is 0. The van der Waals surface area contributed by atoms with E-state index in [2.05, 4.69) is 264 Å². The number of hydrogen-bond acceptors (Lipinski definition) is 0. The smallest absolute Gasteiger partial charge is 0.0541 e. The maximum absolute atomic E-state index is 2.49. The second kappa shape index (κ2) is 16.2. The maximum Gasteiger partial charge on any atom is 0.0541 e. The molecule has 336 valence electrons. The molecule has 0 saturated heterocycles. The number of rotatable bonds is 6. The normalized spacial score (nSPS) is 12.9. The summed E-state index contributed by atoms with van der Waals surface area (Å²) in [6.45, 7) is 0. The van der Waals surface area contributed by atoms with Crippen molar-refractivity contribution in [2.45, 2.75) is 12.8 Å². The monoisotopic (exact) mass is 914 g/mol. The third-order valence-electron chi connectivity index (χ3n) is 15.5. The van der Waals surface area contributed by atoms with Gasteiger partial charge in [0.1, 0.15) is 0 Å². The summed E-state index contributed by atoms with van der Waals surface area (Å²) in [5.41, 5.74) is 17.2. The summed E-state index contributed by atoms with van der Waals surface area (Å²) in [4.78, 5) is 0. The molecule has 2 nitrogen and oxygen atoms in total. The molecule has 2 heteroatoms. The van der Waals surface area contributed by atoms with Crippen LogP contribution in [0.1, 0.15) is 12.8 Å². The molecule has 14 aromatic rings. The standard InChI is InChI=1S/C70H46N2/c1-3-21-51(22-4-1)71-65-31-13-11-27-55(65)61-41-49(35-39-67(61)71)47-33-37-59-63(43-47)69(57-29-15-19-45-17-7-9-25-53(45)57)60-38-34-48(44-64(60)70(59)58-30-16-20-46-18-8-10-26-54(46)58)50-36-40-68-62(42-50)56-28-12-14-32-66(56)72(68)52-23-5-2-6-24-52/h1-5,7-23,25-44H,6,24H2. The van der Waals surface area contributed by atoms with Gasteiger partial charge in [0.25, 0.3) is 0 Å². The van der Waals surface area contributed by atoms with Gasteiger partial charge in [-0.15, -0.1) is 0 Å². The minimum atomic E-state index is 1.03. The molecule has 15 rings (SSSR count). The molecule has 0 saturated carbocycles. The van der Waals surface area contributed by atoms with Gasteiger partial charge in [-0.2, -0.15) is 0 Å². The first-order chi connectivity index (χ1) is 35.7. The highest BCUT2D eigenvalue weighted by atomic mass is 15.0. The van der Waals surface area contributed by atoms with Gasteiger partial charge in [0.2, 0.25) is 0 Å². The largest absolute Gasteiger partial charge is 0.313 e. The summed E-state index contributed by atoms with van der Waals surface area (Å²) in [5, 5.41) is 15.0. The second-order valence-corrected chi connectivity index (χ2v) is 19.5. The molecule has 1 aliphatic carbocycles. The topological polar surface area (TPSA) is 9.86 Å². The Morgan fingerprint density at radius 1 is 0.292 bits per heavy atom. The van der Waals surface area contributed by atoms with E-state index in [4.69, 9.17) is 0 Å². The lowest BCUT2D eigenvalue weighted by Gasteiger charge is -2.21. The Bertz CT molecular complexity index is 4610. The van der Waals surface area contributed by atoms with Crippen LogP contribution in [0.4, 0.5) is 0 Å². The molecule has 0 unspecified atom stereocenters. The van der Waals surface area contributed by atoms with Gasteiger partial charge in [-0.3, -0.25) is 0 Å². The van der Waals surface area contributed by atoms with Crippen molar-refractivity contribution in [3.05, 3.63) is 255 Å². The maximum atomic E-state index is 2.49. The van der Waals surface area contributed by atoms with Gasteiger partial charge < -0.3 is 9.13 Å². The van der Waals surface area contributed by atoms with E-state index in [1.807, 2.05) is 0 Å². The summed E-state index contributed by atoms with van der Waals surface area (Å²) < 4.78 is 4.88. The van der Waals surface area contributed by atoms with Crippen molar-refractivity contribution in [2.75, 3.05) is 0 Å². The van der Waals surface area contributed by atoms with Gasteiger partial charge in [0, 0.05) is 32.9 Å². The van der Waals surface area contributed by atoms with Crippen LogP contribution >= 0.6 is 0 Å². The van der Waals surface area contributed by atoms with Crippen LogP contribution in [0.25, 0.3) is 143 Å². The van der Waals surface area contributed by atoms with Crippen LogP contribution in [0.5, 0.6) is 0 Å². The molecule has 0 radical (unpaired) electrons. The van der Waals surface area contributed by atoms with Crippen LogP contribution in [0.15, 0.2) is 255 Å². The zero-order valence-corrected chi connectivity index (χ0v) is 39.6. The van der Waals surface area contributed by atoms with Crippen molar-refractivity contribution in [1.29, 1.82) is 0 Å². The Labute approximate surface area is 417 Å². The third kappa shape index (κ3) is 6.22. The van der Waals surface area contributed by atoms with Gasteiger partial charge in [0.15, 0.2) is 0 Å². The Kier molecular flexibility index (Phi) is 9.12. The van der Waals surface area contributed by atoms with Crippen LogP contribution in [0.3, 0.4) is 0 Å². The van der Waals surface area contributed by atoms with Gasteiger partial charge in [-0.25, -0.2) is 0 Å². The van der Waals surface area contributed by atoms with E-state index in [-0.39, 0.29) is 0 Å². The molecule has 0 bridgehead atoms. The van der Waals surface area contributed by atoms with Crippen LogP contribution in [-0.4, -0.2) is 9.13 Å². The molecule has 1 aliphatic rings. The van der Waals surface area contributed by atoms with E-state index in [0.717, 1.165) is 18.5 Å². The van der Waals surface area contributed by atoms with Gasteiger partial charge in [-0.05, 0) is 167 Å². The molecule has 12 aromatic carbocycles. The first-order valence-corrected chi connectivity index (χ1v) is 25.2. The molecular formula is C70H46N2. The number of nitrogens with zero attached hydrogens (tertiary/aromatic N) is 2. The van der Waals surface area contributed by atoms with Crippen molar-refractivity contribution in [3.8, 4) is 50.2 Å². The average molecular weight is 915 g/mol. The number of hydrogen-bond donors (Lipinski definition) is 0. The Balaban J connectivity index is 1.02. The zero-order chi connectivity index (χ0) is 47.3. The molecular weight excluding hydrogens is 869 g/mol. The van der Waals surface area contributed by atoms with Crippen LogP contribution in [0.2, 0.25) is 0 Å². The van der Waals surface area contributed by atoms with E-state index >= 15 is 0 Å². The summed E-state index contributed by atoms with van der Waals surface area (Å²) in [5.74, 6) is 0. The Morgan fingerprint density at radius 2 is 0.722 bits per heavy atom. The fraction of sp³-hybridized carbons (Fsp3) is 0.0286. The number of benzene rings is 12. The predicted molar refractivity (Wildman–Crippen MR) is 308 cm³/mol. The van der Waals surface area contributed by atoms with E-state index in [9.17, 15) is 0 Å². The molecule has 0 N–H and O–H groups in total. The van der Waals surface area contributed by atoms with Gasteiger partial charge in [-0.1, -0.05) is 188 Å². The van der Waals surface area contributed by atoms with Crippen LogP contribution in [-0.2, 0) is 0 Å². The quantitative estimate of drug-likeness (QED) is 0.147. The van der Waals surface area contributed by atoms with Crippen molar-refractivity contribution in [1.82, 2.24) is 9.13 Å². The second-order valence-electron chi connectivity index (χ2n) is 19.5. The highest BCUT2D eigenvalue weighted by Gasteiger charge is 2.23. The summed E-state index contributed by atoms with van der Waals surface area (Å²) in [6.07, 6.45) is 8.84. The lowest BCUT2D eigenvalue weighted by molar-refractivity contribution is 0.979. The number of para-hydroxylation sites is 3. The number of allylic oxidation sites excluding steroid dienone is 4. The van der Waals surface area contributed by atoms with Crippen LogP contribution < -0.4 is 0 Å². The lowest BCUT2D eigenvalue weighted by Crippen LogP contribution is -1.98. The molecule has 0 spiro atoms. The average Bonchev–Trinajstić information content (AvgIpc) is 3.97. The molecule has 0 amide bonds. The predicted octanol–water partition coefficient (Wildman–Crippen LogP) is 19.4. The molecule has 2 heterocycles. The highest BCUT2D eigenvalue weighted by molar-refractivity contribution is 6.26. The fourth-order valence-corrected chi connectivity index (χ4v) is 12.3. The van der Waals surface area contributed by atoms with Crippen molar-refractivity contribution < 1.29 is 0 Å². The SMILES string of the molecule is C1=CCCC(n2c3ccccc3c3cc(-c4ccc5c(-c6cccc7ccccc67)c6cc(-c7ccc8c(c7)c7ccccc7n8-c7ccccc7)ccc6c(-c6cccc7ccccc67)c5c4)ccc32)=C1. The molecule has 0 fully saturated rings. The van der Waals surface area contributed by atoms with E-state index in [1.54, 1.807) is 0 Å². The van der Waals surface area contributed by atoms with E-state index in [0.29, 0.717) is 0 Å². The van der Waals surface area contributed by atoms with E-state index in [1.165, 1.54) is 137 Å². The molecule has 0 aliphatic heterocycles. The third-order valence-corrected chi connectivity index (χ3v) is 15.5. The summed E-state index contributed by atoms with van der Waals surface area (Å²) in [6, 6.07) is 88.5. The Hall–Kier alpha value is -9.24. The molecule has 2 aromatic heterocycles. The number of fused-ring (bicyclic) bond motifs is 10. The van der Waals surface area contributed by atoms with Gasteiger partial charge in [0.05, 0.1) is 22.1 Å². The molecule has 0 atom stereocenters. The minimum absolute atomic E-state index is 1.03. The first kappa shape index (κ1) is 40.6. The number of aromatic nitrogens is 2. The summed E-state index contributed by atoms with van der Waals surface area (Å²) in [7, 11) is 0. The lowest BCUT2D eigenvalue weighted by atomic mass is 9.82. The van der Waals surface area contributed by atoms with E-state index < -0.39 is 0 Å². The fourth-order valence-electron chi connectivity index (χ4n) is 12.3. The first-order valence-electron chi connectivity index (χ1n) is 25.2. The van der Waals surface area contributed by atoms with Crippen molar-refractivity contribution >= 4 is 92.4 Å².